The van der Waals surface area contributed by atoms with E-state index in [1.54, 1.807) is 0 Å². The van der Waals surface area contributed by atoms with Gasteiger partial charge in [-0.05, 0) is 0 Å². The first-order chi connectivity index (χ1) is 5.88. The standard InChI is InChI=1S/C2H5NO.2C2H3O2.Fe/c3-1-2-4;2*1-2(3)4;/h4H,1-2H2;2*1H2,(H,3,4);/q;2*-1;. The first kappa shape index (κ1) is 17.9. The van der Waals surface area contributed by atoms with Gasteiger partial charge in [0, 0.05) is 0 Å². The van der Waals surface area contributed by atoms with Crippen molar-refractivity contribution in [2.75, 3.05) is 13.2 Å². The number of carboxylic acids is 2. The smallest absolute Gasteiger partial charge is 0.161 e. The van der Waals surface area contributed by atoms with Crippen LogP contribution in [0.3, 0.4) is 0 Å². The largest absolute Gasteiger partial charge is 0.503 e. The Kier molecular flexibility index (Phi) is 23.6. The average Bonchev–Trinajstić information content (AvgIpc) is 1.86. The van der Waals surface area contributed by atoms with Gasteiger partial charge in [0.1, 0.15) is 0 Å². The van der Waals surface area contributed by atoms with Gasteiger partial charge in [-0.1, -0.05) is 0 Å². The maximum absolute atomic E-state index is 8.89. The molecule has 0 spiro atoms. The first-order valence-electron chi connectivity index (χ1n) is 2.85. The summed E-state index contributed by atoms with van der Waals surface area (Å²) in [5.74, 6) is -2.17. The molecule has 80 valence electrons. The van der Waals surface area contributed by atoms with E-state index in [1.807, 2.05) is 0 Å². The summed E-state index contributed by atoms with van der Waals surface area (Å²) in [5.41, 5.74) is 0. The van der Waals surface area contributed by atoms with Crippen molar-refractivity contribution in [3.05, 3.63) is 13.8 Å². The van der Waals surface area contributed by atoms with Crippen LogP contribution in [0.15, 0.2) is 3.96 Å². The molecule has 0 bridgehead atoms. The molecule has 0 aromatic rings. The molecule has 0 radical (unpaired) electrons. The summed E-state index contributed by atoms with van der Waals surface area (Å²) in [6, 6.07) is 0. The van der Waals surface area contributed by atoms with Crippen molar-refractivity contribution in [2.24, 2.45) is 3.96 Å². The van der Waals surface area contributed by atoms with Crippen LogP contribution in [0.1, 0.15) is 0 Å². The predicted octanol–water partition coefficient (Wildman–Crippen LogP) is -0.481. The van der Waals surface area contributed by atoms with Crippen LogP contribution in [0.5, 0.6) is 0 Å². The molecule has 7 heteroatoms. The van der Waals surface area contributed by atoms with Gasteiger partial charge in [0.05, 0.1) is 0 Å². The number of hydrogen-bond acceptors (Lipinski definition) is 4. The minimum Gasteiger partial charge on any atom is -0.503 e. The molecule has 0 aliphatic carbocycles. The molecule has 3 N–H and O–H groups in total. The van der Waals surface area contributed by atoms with E-state index in [4.69, 9.17) is 24.9 Å². The summed E-state index contributed by atoms with van der Waals surface area (Å²) in [6.07, 6.45) is 0. The molecule has 0 unspecified atom stereocenters. The summed E-state index contributed by atoms with van der Waals surface area (Å²) in [7, 11) is 0. The number of carboxylic acid groups (broad SMARTS) is 2. The third-order valence-electron chi connectivity index (χ3n) is 0.179. The van der Waals surface area contributed by atoms with Crippen molar-refractivity contribution < 1.29 is 40.7 Å². The average molecular weight is 233 g/mol. The van der Waals surface area contributed by atoms with Crippen LogP contribution in [0.4, 0.5) is 0 Å². The topological polar surface area (TPSA) is 107 Å². The zero-order valence-electron chi connectivity index (χ0n) is 6.79. The Morgan fingerprint density at radius 2 is 1.46 bits per heavy atom. The van der Waals surface area contributed by atoms with E-state index in [-0.39, 0.29) is 6.61 Å². The van der Waals surface area contributed by atoms with Crippen LogP contribution < -0.4 is 0 Å². The van der Waals surface area contributed by atoms with Gasteiger partial charge >= 0.3 is 38.0 Å². The van der Waals surface area contributed by atoms with Gasteiger partial charge in [-0.25, -0.2) is 0 Å². The summed E-state index contributed by atoms with van der Waals surface area (Å²) in [4.78, 5) is 17.8. The number of aliphatic hydroxyl groups is 1. The molecular weight excluding hydrogens is 222 g/mol. The molecule has 0 atom stereocenters. The number of aliphatic carboxylic acids is 2. The SMILES string of the molecule is OCC[N]=[Fe].[CH2-]C(=O)O.[CH2-]C(=O)O. The zero-order valence-corrected chi connectivity index (χ0v) is 7.89. The molecule has 0 aromatic carbocycles. The predicted molar refractivity (Wildman–Crippen MR) is 40.4 cm³/mol. The number of carbonyl (C=O) groups is 2. The second kappa shape index (κ2) is 17.2. The van der Waals surface area contributed by atoms with Crippen LogP contribution in [0, 0.1) is 13.8 Å². The Balaban J connectivity index is -0.000000117. The fourth-order valence-corrected chi connectivity index (χ4v) is 0.146. The van der Waals surface area contributed by atoms with E-state index in [1.165, 1.54) is 0 Å². The minimum absolute atomic E-state index is 0.115. The maximum Gasteiger partial charge on any atom is 0.161 e. The summed E-state index contributed by atoms with van der Waals surface area (Å²) >= 11 is 3.14. The third-order valence-corrected chi connectivity index (χ3v) is 0.426. The van der Waals surface area contributed by atoms with Gasteiger partial charge in [0.25, 0.3) is 0 Å². The Bertz CT molecular complexity index is 130. The minimum atomic E-state index is -1.08. The zero-order chi connectivity index (χ0) is 11.3. The first-order valence-corrected chi connectivity index (χ1v) is 3.35. The molecule has 0 aromatic heterocycles. The third kappa shape index (κ3) is 956. The molecule has 0 saturated carbocycles. The molecule has 0 heterocycles. The van der Waals surface area contributed by atoms with Gasteiger partial charge < -0.3 is 10.2 Å². The van der Waals surface area contributed by atoms with Crippen molar-refractivity contribution in [3.8, 4) is 0 Å². The number of rotatable bonds is 2. The number of hydrogen-bond donors (Lipinski definition) is 3. The van der Waals surface area contributed by atoms with E-state index in [0.717, 1.165) is 0 Å². The molecular formula is C6H11FeNO5-2. The van der Waals surface area contributed by atoms with Gasteiger partial charge in [0.2, 0.25) is 0 Å². The van der Waals surface area contributed by atoms with E-state index in [0.29, 0.717) is 6.54 Å². The van der Waals surface area contributed by atoms with Crippen LogP contribution in [-0.2, 0) is 25.4 Å². The van der Waals surface area contributed by atoms with Crippen molar-refractivity contribution in [1.82, 2.24) is 0 Å². The van der Waals surface area contributed by atoms with Crippen molar-refractivity contribution in [2.45, 2.75) is 0 Å². The molecule has 0 amide bonds. The Morgan fingerprint density at radius 3 is 1.46 bits per heavy atom. The molecule has 0 rings (SSSR count). The van der Waals surface area contributed by atoms with E-state index >= 15 is 0 Å². The van der Waals surface area contributed by atoms with Crippen LogP contribution >= 0.6 is 0 Å². The monoisotopic (exact) mass is 233 g/mol. The molecule has 13 heavy (non-hydrogen) atoms. The summed E-state index contributed by atoms with van der Waals surface area (Å²) < 4.78 is 3.35. The molecule has 0 aliphatic heterocycles. The normalized spacial score (nSPS) is 6.62. The fraction of sp³-hybridized carbons (Fsp3) is 0.333. The van der Waals surface area contributed by atoms with E-state index < -0.39 is 11.9 Å². The summed E-state index contributed by atoms with van der Waals surface area (Å²) in [6.45, 7) is 5.68. The van der Waals surface area contributed by atoms with Gasteiger partial charge in [-0.15, -0.1) is 0 Å². The van der Waals surface area contributed by atoms with Gasteiger partial charge in [-0.2, -0.15) is 0 Å². The quantitative estimate of drug-likeness (QED) is 0.441. The van der Waals surface area contributed by atoms with Crippen LogP contribution in [0.2, 0.25) is 0 Å². The number of nitrogens with zero attached hydrogens (tertiary/aromatic N) is 1. The Hall–Kier alpha value is -1.04. The molecule has 6 nitrogen and oxygen atoms in total. The molecule has 0 saturated heterocycles. The number of aliphatic hydroxyl groups excluding tert-OH is 1. The fourth-order valence-electron chi connectivity index (χ4n) is 0.0354. The Morgan fingerprint density at radius 1 is 1.23 bits per heavy atom. The van der Waals surface area contributed by atoms with Gasteiger partial charge in [0.15, 0.2) is 11.9 Å². The second-order valence-electron chi connectivity index (χ2n) is 1.35. The van der Waals surface area contributed by atoms with Crippen molar-refractivity contribution >= 4 is 11.9 Å². The molecule has 0 aliphatic rings. The van der Waals surface area contributed by atoms with Crippen molar-refractivity contribution in [3.63, 3.8) is 0 Å². The Labute approximate surface area is 84.2 Å². The van der Waals surface area contributed by atoms with E-state index in [2.05, 4.69) is 33.6 Å². The second-order valence-corrected chi connectivity index (χ2v) is 1.70. The van der Waals surface area contributed by atoms with Crippen molar-refractivity contribution in [1.29, 1.82) is 0 Å². The van der Waals surface area contributed by atoms with Crippen LogP contribution in [-0.4, -0.2) is 40.4 Å². The summed E-state index contributed by atoms with van der Waals surface area (Å²) in [5, 5.41) is 22.5. The maximum atomic E-state index is 8.89. The van der Waals surface area contributed by atoms with Crippen LogP contribution in [0.25, 0.3) is 0 Å². The van der Waals surface area contributed by atoms with E-state index in [9.17, 15) is 0 Å². The van der Waals surface area contributed by atoms with Gasteiger partial charge in [-0.3, -0.25) is 23.4 Å². The molecule has 0 fully saturated rings.